The average molecular weight is 162 g/mol. The first kappa shape index (κ1) is 8.01. The Balaban J connectivity index is 3.78. The molecule has 0 aromatic carbocycles. The molecule has 3 heteroatoms. The van der Waals surface area contributed by atoms with Gasteiger partial charge >= 0.3 is 0 Å². The largest absolute Gasteiger partial charge is 0.396 e. The number of hydrogen-bond acceptors (Lipinski definition) is 2. The van der Waals surface area contributed by atoms with Gasteiger partial charge in [-0.05, 0) is 0 Å². The van der Waals surface area contributed by atoms with Crippen molar-refractivity contribution in [2.75, 3.05) is 6.61 Å². The van der Waals surface area contributed by atoms with Crippen LogP contribution in [0.15, 0.2) is 0 Å². The molecule has 0 aliphatic heterocycles. The third-order valence-corrected chi connectivity index (χ3v) is 1.70. The van der Waals surface area contributed by atoms with Crippen molar-refractivity contribution in [3.05, 3.63) is 0 Å². The monoisotopic (exact) mass is 162 g/mol. The molecule has 10 heavy (non-hydrogen) atoms. The smallest absolute Gasteiger partial charge is 0.0851 e. The summed E-state index contributed by atoms with van der Waals surface area (Å²) in [4.78, 5) is 0. The molecule has 0 aromatic rings. The predicted molar refractivity (Wildman–Crippen MR) is 44.3 cm³/mol. The van der Waals surface area contributed by atoms with E-state index in [-0.39, 0.29) is 28.0 Å². The number of hydrogen-bond donors (Lipinski definition) is 1. The summed E-state index contributed by atoms with van der Waals surface area (Å²) in [6, 6.07) is 0. The Kier molecular flexibility index (Phi) is 4.55. The molecule has 0 saturated heterocycles. The van der Waals surface area contributed by atoms with Crippen LogP contribution in [-0.4, -0.2) is 19.1 Å². The number of terminal acetylenes is 1. The zero-order chi connectivity index (χ0) is 8.69. The minimum Gasteiger partial charge on any atom is -0.396 e. The Morgan fingerprint density at radius 1 is 2.00 bits per heavy atom. The van der Waals surface area contributed by atoms with Gasteiger partial charge in [-0.15, -0.1) is 12.3 Å². The highest BCUT2D eigenvalue weighted by Crippen LogP contribution is 2.12. The van der Waals surface area contributed by atoms with Crippen molar-refractivity contribution < 1.29 is 9.63 Å². The maximum absolute atomic E-state index is 8.75. The van der Waals surface area contributed by atoms with Crippen molar-refractivity contribution in [2.45, 2.75) is 19.4 Å². The van der Waals surface area contributed by atoms with E-state index in [0.717, 1.165) is 0 Å². The highest BCUT2D eigenvalue weighted by Gasteiger charge is 2.13. The van der Waals surface area contributed by atoms with Crippen LogP contribution < -0.4 is 0 Å². The lowest BCUT2D eigenvalue weighted by Crippen LogP contribution is -2.20. The second-order valence-electron chi connectivity index (χ2n) is 2.22. The van der Waals surface area contributed by atoms with Crippen molar-refractivity contribution in [3.8, 4) is 12.3 Å². The molecule has 0 aliphatic rings. The molecule has 1 unspecified atom stereocenters. The molecule has 0 fully saturated rings. The molecule has 0 spiro atoms. The topological polar surface area (TPSA) is 29.5 Å². The average Bonchev–Trinajstić information content (AvgIpc) is 2.03. The SMILES string of the molecule is [3H]PO[C@H](CC#C)[C@@H](C)CO. The molecule has 58 valence electrons. The van der Waals surface area contributed by atoms with Crippen molar-refractivity contribution in [3.63, 3.8) is 0 Å². The summed E-state index contributed by atoms with van der Waals surface area (Å²) in [5.41, 5.74) is 0. The predicted octanol–water partition coefficient (Wildman–Crippen LogP) is 0.813. The quantitative estimate of drug-likeness (QED) is 0.479. The minimum absolute atomic E-state index is 0.0175. The lowest BCUT2D eigenvalue weighted by molar-refractivity contribution is 0.117. The molecule has 0 heterocycles. The summed E-state index contributed by atoms with van der Waals surface area (Å²) in [5, 5.41) is 8.75. The first-order chi connectivity index (χ1) is 5.26. The van der Waals surface area contributed by atoms with Crippen LogP contribution >= 0.6 is 9.41 Å². The van der Waals surface area contributed by atoms with Gasteiger partial charge in [-0.3, -0.25) is 0 Å². The normalized spacial score (nSPS) is 18.3. The lowest BCUT2D eigenvalue weighted by Gasteiger charge is -2.17. The Morgan fingerprint density at radius 3 is 3.10 bits per heavy atom. The molecule has 2 nitrogen and oxygen atoms in total. The van der Waals surface area contributed by atoms with Crippen LogP contribution in [0.1, 0.15) is 13.3 Å². The van der Waals surface area contributed by atoms with E-state index in [4.69, 9.17) is 17.3 Å². The number of rotatable bonds is 5. The lowest BCUT2D eigenvalue weighted by atomic mass is 10.0. The summed E-state index contributed by atoms with van der Waals surface area (Å²) < 4.78 is 11.9. The van der Waals surface area contributed by atoms with Gasteiger partial charge in [0.25, 0.3) is 0 Å². The van der Waals surface area contributed by atoms with Crippen molar-refractivity contribution >= 4 is 9.41 Å². The summed E-state index contributed by atoms with van der Waals surface area (Å²) in [5.74, 6) is 2.47. The van der Waals surface area contributed by atoms with E-state index in [1.165, 1.54) is 0 Å². The Bertz CT molecular complexity index is 135. The van der Waals surface area contributed by atoms with Gasteiger partial charge in [-0.1, -0.05) is 6.92 Å². The van der Waals surface area contributed by atoms with Gasteiger partial charge in [0, 0.05) is 28.4 Å². The van der Waals surface area contributed by atoms with Crippen LogP contribution in [0.5, 0.6) is 0 Å². The zero-order valence-corrected chi connectivity index (χ0v) is 7.00. The molecule has 0 saturated carbocycles. The second-order valence-corrected chi connectivity index (χ2v) is 2.46. The molecule has 0 amide bonds. The van der Waals surface area contributed by atoms with Crippen LogP contribution in [0.25, 0.3) is 0 Å². The van der Waals surface area contributed by atoms with Gasteiger partial charge in [0.05, 0.1) is 7.38 Å². The van der Waals surface area contributed by atoms with E-state index in [1.54, 1.807) is 0 Å². The van der Waals surface area contributed by atoms with Crippen LogP contribution in [0, 0.1) is 18.3 Å². The molecule has 0 aromatic heterocycles. The third-order valence-electron chi connectivity index (χ3n) is 1.39. The molecular formula is C7H13O2P. The molecule has 1 N–H and O–H groups in total. The summed E-state index contributed by atoms with van der Waals surface area (Å²) >= 11 is 0. The van der Waals surface area contributed by atoms with Gasteiger partial charge in [0.2, 0.25) is 0 Å². The Labute approximate surface area is 65.5 Å². The van der Waals surface area contributed by atoms with Gasteiger partial charge < -0.3 is 9.63 Å². The first-order valence-corrected chi connectivity index (χ1v) is 3.53. The fraction of sp³-hybridized carbons (Fsp3) is 0.714. The zero-order valence-electron chi connectivity index (χ0n) is 7.00. The van der Waals surface area contributed by atoms with Crippen molar-refractivity contribution in [1.82, 2.24) is 0 Å². The van der Waals surface area contributed by atoms with Gasteiger partial charge in [0.1, 0.15) is 0 Å². The van der Waals surface area contributed by atoms with E-state index >= 15 is 0 Å². The van der Waals surface area contributed by atoms with E-state index < -0.39 is 0 Å². The fourth-order valence-corrected chi connectivity index (χ4v) is 0.908. The third kappa shape index (κ3) is 3.17. The number of aliphatic hydroxyl groups excluding tert-OH is 1. The molecule has 0 bridgehead atoms. The summed E-state index contributed by atoms with van der Waals surface area (Å²) in [6.45, 7) is 1.90. The summed E-state index contributed by atoms with van der Waals surface area (Å²) in [6.07, 6.45) is 5.38. The van der Waals surface area contributed by atoms with Gasteiger partial charge in [-0.25, -0.2) is 0 Å². The summed E-state index contributed by atoms with van der Waals surface area (Å²) in [7, 11) is -0.313. The highest BCUT2D eigenvalue weighted by molar-refractivity contribution is 7.09. The maximum atomic E-state index is 8.75. The van der Waals surface area contributed by atoms with Gasteiger partial charge in [0.15, 0.2) is 0 Å². The van der Waals surface area contributed by atoms with Crippen LogP contribution in [-0.2, 0) is 4.52 Å². The molecule has 0 aliphatic carbocycles. The molecule has 0 radical (unpaired) electrons. The van der Waals surface area contributed by atoms with E-state index in [1.807, 2.05) is 6.92 Å². The van der Waals surface area contributed by atoms with Crippen molar-refractivity contribution in [2.24, 2.45) is 5.92 Å². The minimum atomic E-state index is -0.313. The second kappa shape index (κ2) is 5.68. The van der Waals surface area contributed by atoms with Crippen LogP contribution in [0.3, 0.4) is 0 Å². The standard InChI is InChI=1S/C7H13O2P/c1-3-4-7(9-10)6(2)5-8/h1,6-8H,4-5,10H2,2H3/t6-,7+/m0/s1/i10T/t6-,7+,10?. The Hall–Kier alpha value is -0.0900. The first-order valence-electron chi connectivity index (χ1n) is 3.63. The fourth-order valence-electron chi connectivity index (χ4n) is 0.593. The maximum Gasteiger partial charge on any atom is 0.0851 e. The molecular weight excluding hydrogens is 147 g/mol. The number of aliphatic hydroxyl groups is 1. The van der Waals surface area contributed by atoms with Crippen molar-refractivity contribution in [1.29, 1.82) is 1.28 Å². The highest BCUT2D eigenvalue weighted by atomic mass is 31.0. The molecule has 3 atom stereocenters. The van der Waals surface area contributed by atoms with Crippen LogP contribution in [0.2, 0.25) is 0 Å². The Morgan fingerprint density at radius 2 is 2.70 bits per heavy atom. The van der Waals surface area contributed by atoms with E-state index in [9.17, 15) is 0 Å². The van der Waals surface area contributed by atoms with Gasteiger partial charge in [-0.2, -0.15) is 0 Å². The van der Waals surface area contributed by atoms with E-state index in [2.05, 4.69) is 5.92 Å². The van der Waals surface area contributed by atoms with E-state index in [0.29, 0.717) is 6.42 Å². The molecule has 0 rings (SSSR count). The van der Waals surface area contributed by atoms with Crippen LogP contribution in [0.4, 0.5) is 0 Å².